The number of methoxy groups -OCH3 is 1. The molecule has 2 aromatic rings. The Morgan fingerprint density at radius 3 is 2.52 bits per heavy atom. The Hall–Kier alpha value is -2.76. The first-order valence-corrected chi connectivity index (χ1v) is 8.16. The van der Waals surface area contributed by atoms with Gasteiger partial charge in [0.05, 0.1) is 24.4 Å². The van der Waals surface area contributed by atoms with E-state index in [1.54, 1.807) is 37.3 Å². The van der Waals surface area contributed by atoms with E-state index in [0.717, 1.165) is 23.2 Å². The molecule has 0 radical (unpaired) electrons. The van der Waals surface area contributed by atoms with E-state index in [1.165, 1.54) is 13.3 Å². The third-order valence-electron chi connectivity index (χ3n) is 4.16. The molecule has 0 spiro atoms. The third kappa shape index (κ3) is 4.62. The summed E-state index contributed by atoms with van der Waals surface area (Å²) in [5.74, 6) is -0.385. The number of hydrogen-bond acceptors (Lipinski definition) is 5. The molecule has 0 aliphatic heterocycles. The highest BCUT2D eigenvalue weighted by Crippen LogP contribution is 2.21. The molecule has 1 atom stereocenters. The fraction of sp³-hybridized carbons (Fsp3) is 0.368. The highest BCUT2D eigenvalue weighted by molar-refractivity contribution is 5.89. The summed E-state index contributed by atoms with van der Waals surface area (Å²) < 4.78 is 4.71. The number of esters is 1. The van der Waals surface area contributed by atoms with E-state index < -0.39 is 5.97 Å². The summed E-state index contributed by atoms with van der Waals surface area (Å²) in [5.41, 5.74) is 3.21. The van der Waals surface area contributed by atoms with Crippen molar-refractivity contribution >= 4 is 11.9 Å². The molecular weight excluding hydrogens is 318 g/mol. The summed E-state index contributed by atoms with van der Waals surface area (Å²) in [6.45, 7) is 3.59. The first kappa shape index (κ1) is 18.6. The predicted molar refractivity (Wildman–Crippen MR) is 94.1 cm³/mol. The van der Waals surface area contributed by atoms with Crippen LogP contribution in [0.5, 0.6) is 0 Å². The van der Waals surface area contributed by atoms with Crippen molar-refractivity contribution in [2.24, 2.45) is 0 Å². The number of hydrogen-bond donors (Lipinski definition) is 0. The summed E-state index contributed by atoms with van der Waals surface area (Å²) >= 11 is 0. The van der Waals surface area contributed by atoms with E-state index >= 15 is 0 Å². The van der Waals surface area contributed by atoms with Gasteiger partial charge in [-0.25, -0.2) is 4.79 Å². The van der Waals surface area contributed by atoms with Gasteiger partial charge in [0.2, 0.25) is 5.91 Å². The minimum atomic E-state index is -0.402. The van der Waals surface area contributed by atoms with E-state index in [4.69, 9.17) is 4.74 Å². The third-order valence-corrected chi connectivity index (χ3v) is 4.16. The molecule has 0 aromatic carbocycles. The second-order valence-corrected chi connectivity index (χ2v) is 5.90. The number of carbonyl (C=O) groups is 2. The van der Waals surface area contributed by atoms with Gasteiger partial charge < -0.3 is 9.64 Å². The molecule has 0 saturated carbocycles. The first-order chi connectivity index (χ1) is 12.0. The lowest BCUT2D eigenvalue weighted by Gasteiger charge is -2.25. The largest absolute Gasteiger partial charge is 0.465 e. The lowest BCUT2D eigenvalue weighted by Crippen LogP contribution is -2.29. The van der Waals surface area contributed by atoms with Gasteiger partial charge in [-0.15, -0.1) is 0 Å². The Balaban J connectivity index is 2.15. The molecule has 132 valence electrons. The summed E-state index contributed by atoms with van der Waals surface area (Å²) in [4.78, 5) is 33.5. The van der Waals surface area contributed by atoms with E-state index in [9.17, 15) is 9.59 Å². The average Bonchev–Trinajstić information content (AvgIpc) is 2.63. The summed E-state index contributed by atoms with van der Waals surface area (Å²) in [6, 6.07) is 5.67. The van der Waals surface area contributed by atoms with Crippen molar-refractivity contribution in [3.05, 3.63) is 59.2 Å². The molecule has 2 aromatic heterocycles. The fourth-order valence-corrected chi connectivity index (χ4v) is 2.69. The molecule has 0 fully saturated rings. The van der Waals surface area contributed by atoms with Crippen LogP contribution in [0.3, 0.4) is 0 Å². The minimum Gasteiger partial charge on any atom is -0.465 e. The SMILES string of the molecule is CCC(c1ccc(Cc2cncc(C(=O)OC)c2)cn1)N(C)C(C)=O. The number of aromatic nitrogens is 2. The fourth-order valence-electron chi connectivity index (χ4n) is 2.69. The maximum absolute atomic E-state index is 11.6. The number of amides is 1. The van der Waals surface area contributed by atoms with Crippen LogP contribution in [0, 0.1) is 0 Å². The second-order valence-electron chi connectivity index (χ2n) is 5.90. The van der Waals surface area contributed by atoms with Crippen molar-refractivity contribution in [1.82, 2.24) is 14.9 Å². The topological polar surface area (TPSA) is 72.4 Å². The van der Waals surface area contributed by atoms with Crippen molar-refractivity contribution in [2.45, 2.75) is 32.7 Å². The Bertz CT molecular complexity index is 744. The van der Waals surface area contributed by atoms with Crippen LogP contribution >= 0.6 is 0 Å². The van der Waals surface area contributed by atoms with Gasteiger partial charge in [-0.1, -0.05) is 13.0 Å². The van der Waals surface area contributed by atoms with Gasteiger partial charge in [0.25, 0.3) is 0 Å². The van der Waals surface area contributed by atoms with Gasteiger partial charge in [-0.05, 0) is 29.7 Å². The number of carbonyl (C=O) groups excluding carboxylic acids is 2. The zero-order chi connectivity index (χ0) is 18.4. The molecule has 0 aliphatic carbocycles. The number of pyridine rings is 2. The zero-order valence-corrected chi connectivity index (χ0v) is 15.0. The molecule has 25 heavy (non-hydrogen) atoms. The molecule has 1 amide bonds. The van der Waals surface area contributed by atoms with Crippen LogP contribution in [0.15, 0.2) is 36.8 Å². The minimum absolute atomic E-state index is 0.0171. The normalized spacial score (nSPS) is 11.7. The van der Waals surface area contributed by atoms with Crippen LogP contribution in [-0.4, -0.2) is 40.9 Å². The molecule has 0 aliphatic rings. The molecule has 6 heteroatoms. The Kier molecular flexibility index (Phi) is 6.22. The molecular formula is C19H23N3O3. The van der Waals surface area contributed by atoms with Crippen molar-refractivity contribution in [3.8, 4) is 0 Å². The highest BCUT2D eigenvalue weighted by atomic mass is 16.5. The average molecular weight is 341 g/mol. The first-order valence-electron chi connectivity index (χ1n) is 8.16. The standard InChI is InChI=1S/C19H23N3O3/c1-5-18(22(3)13(2)23)17-7-6-14(11-21-17)8-15-9-16(12-20-10-15)19(24)25-4/h6-7,9-12,18H,5,8H2,1-4H3. The summed E-state index contributed by atoms with van der Waals surface area (Å²) in [6.07, 6.45) is 6.42. The Morgan fingerprint density at radius 1 is 1.20 bits per heavy atom. The maximum atomic E-state index is 11.6. The highest BCUT2D eigenvalue weighted by Gasteiger charge is 2.18. The van der Waals surface area contributed by atoms with Crippen LogP contribution in [0.25, 0.3) is 0 Å². The second kappa shape index (κ2) is 8.37. The molecule has 2 rings (SSSR count). The van der Waals surface area contributed by atoms with E-state index in [1.807, 2.05) is 19.1 Å². The predicted octanol–water partition coefficient (Wildman–Crippen LogP) is 2.78. The van der Waals surface area contributed by atoms with Crippen molar-refractivity contribution in [1.29, 1.82) is 0 Å². The molecule has 0 bridgehead atoms. The van der Waals surface area contributed by atoms with Crippen molar-refractivity contribution in [3.63, 3.8) is 0 Å². The number of rotatable bonds is 6. The summed E-state index contributed by atoms with van der Waals surface area (Å²) in [5, 5.41) is 0. The number of nitrogens with zero attached hydrogens (tertiary/aromatic N) is 3. The van der Waals surface area contributed by atoms with Crippen molar-refractivity contribution in [2.75, 3.05) is 14.2 Å². The number of ether oxygens (including phenoxy) is 1. The van der Waals surface area contributed by atoms with Gasteiger partial charge in [-0.2, -0.15) is 0 Å². The Labute approximate surface area is 147 Å². The van der Waals surface area contributed by atoms with Gasteiger partial charge in [0.1, 0.15) is 0 Å². The van der Waals surface area contributed by atoms with Gasteiger partial charge >= 0.3 is 5.97 Å². The van der Waals surface area contributed by atoms with Crippen LogP contribution in [0.2, 0.25) is 0 Å². The van der Waals surface area contributed by atoms with Gasteiger partial charge in [0.15, 0.2) is 0 Å². The molecule has 0 saturated heterocycles. The Morgan fingerprint density at radius 2 is 1.96 bits per heavy atom. The smallest absolute Gasteiger partial charge is 0.339 e. The lowest BCUT2D eigenvalue weighted by atomic mass is 10.0. The maximum Gasteiger partial charge on any atom is 0.339 e. The van der Waals surface area contributed by atoms with Gasteiger partial charge in [0, 0.05) is 39.0 Å². The van der Waals surface area contributed by atoms with Crippen LogP contribution in [0.4, 0.5) is 0 Å². The van der Waals surface area contributed by atoms with Crippen LogP contribution in [-0.2, 0) is 16.0 Å². The molecule has 0 N–H and O–H groups in total. The zero-order valence-electron chi connectivity index (χ0n) is 15.0. The summed E-state index contributed by atoms with van der Waals surface area (Å²) in [7, 11) is 3.13. The van der Waals surface area contributed by atoms with E-state index in [-0.39, 0.29) is 11.9 Å². The quantitative estimate of drug-likeness (QED) is 0.756. The lowest BCUT2D eigenvalue weighted by molar-refractivity contribution is -0.129. The van der Waals surface area contributed by atoms with Crippen molar-refractivity contribution < 1.29 is 14.3 Å². The van der Waals surface area contributed by atoms with E-state index in [2.05, 4.69) is 9.97 Å². The van der Waals surface area contributed by atoms with E-state index in [0.29, 0.717) is 12.0 Å². The van der Waals surface area contributed by atoms with Crippen LogP contribution in [0.1, 0.15) is 53.5 Å². The van der Waals surface area contributed by atoms with Gasteiger partial charge in [-0.3, -0.25) is 14.8 Å². The molecule has 2 heterocycles. The molecule has 6 nitrogen and oxygen atoms in total. The van der Waals surface area contributed by atoms with Crippen LogP contribution < -0.4 is 0 Å². The monoisotopic (exact) mass is 341 g/mol. The molecule has 1 unspecified atom stereocenters.